The van der Waals surface area contributed by atoms with Crippen molar-refractivity contribution in [2.45, 2.75) is 33.1 Å². The van der Waals surface area contributed by atoms with Crippen LogP contribution in [0.1, 0.15) is 24.3 Å². The van der Waals surface area contributed by atoms with Crippen molar-refractivity contribution in [3.63, 3.8) is 0 Å². The van der Waals surface area contributed by atoms with Crippen LogP contribution in [0.3, 0.4) is 0 Å². The quantitative estimate of drug-likeness (QED) is 0.754. The lowest BCUT2D eigenvalue weighted by Gasteiger charge is -2.09. The van der Waals surface area contributed by atoms with Crippen molar-refractivity contribution >= 4 is 21.4 Å². The molecule has 0 bridgehead atoms. The Bertz CT molecular complexity index is 583. The molecule has 3 nitrogen and oxygen atoms in total. The number of thiophene rings is 1. The van der Waals surface area contributed by atoms with Gasteiger partial charge in [0.25, 0.3) is 0 Å². The lowest BCUT2D eigenvalue weighted by Crippen LogP contribution is -2.10. The summed E-state index contributed by atoms with van der Waals surface area (Å²) in [4.78, 5) is 1.13. The first-order chi connectivity index (χ1) is 10.1. The molecule has 0 amide bonds. The van der Waals surface area contributed by atoms with Gasteiger partial charge in [-0.25, -0.2) is 4.39 Å². The highest BCUT2D eigenvalue weighted by Crippen LogP contribution is 2.33. The van der Waals surface area contributed by atoms with Crippen molar-refractivity contribution < 1.29 is 13.9 Å². The van der Waals surface area contributed by atoms with E-state index < -0.39 is 0 Å². The van der Waals surface area contributed by atoms with Crippen LogP contribution in [-0.4, -0.2) is 26.4 Å². The highest BCUT2D eigenvalue weighted by atomic mass is 32.1. The molecule has 0 radical (unpaired) electrons. The highest BCUT2D eigenvalue weighted by molar-refractivity contribution is 7.19. The molecule has 0 saturated carbocycles. The van der Waals surface area contributed by atoms with E-state index in [1.54, 1.807) is 17.4 Å². The van der Waals surface area contributed by atoms with E-state index in [-0.39, 0.29) is 11.9 Å². The molecule has 1 N–H and O–H groups in total. The summed E-state index contributed by atoms with van der Waals surface area (Å²) < 4.78 is 26.2. The third-order valence-electron chi connectivity index (χ3n) is 3.11. The summed E-state index contributed by atoms with van der Waals surface area (Å²) in [6, 6.07) is 5.20. The van der Waals surface area contributed by atoms with Gasteiger partial charge in [0.15, 0.2) is 0 Å². The molecule has 1 heterocycles. The second-order valence-electron chi connectivity index (χ2n) is 5.12. The van der Waals surface area contributed by atoms with E-state index in [1.165, 1.54) is 6.07 Å². The number of hydrogen-bond acceptors (Lipinski definition) is 4. The van der Waals surface area contributed by atoms with Gasteiger partial charge in [0.1, 0.15) is 5.82 Å². The number of fused-ring (bicyclic) bond motifs is 1. The van der Waals surface area contributed by atoms with Gasteiger partial charge in [0, 0.05) is 27.1 Å². The van der Waals surface area contributed by atoms with Crippen molar-refractivity contribution in [3.05, 3.63) is 34.5 Å². The third kappa shape index (κ3) is 4.23. The molecule has 5 heteroatoms. The minimum Gasteiger partial charge on any atom is -0.376 e. The van der Waals surface area contributed by atoms with Crippen molar-refractivity contribution in [2.24, 2.45) is 0 Å². The van der Waals surface area contributed by atoms with Crippen LogP contribution in [0.5, 0.6) is 0 Å². The molecule has 1 aromatic carbocycles. The van der Waals surface area contributed by atoms with Gasteiger partial charge in [0.2, 0.25) is 0 Å². The largest absolute Gasteiger partial charge is 0.376 e. The maximum atomic E-state index is 14.1. The van der Waals surface area contributed by atoms with Crippen LogP contribution in [-0.2, 0) is 22.6 Å². The molecule has 0 saturated heterocycles. The van der Waals surface area contributed by atoms with Gasteiger partial charge in [-0.2, -0.15) is 0 Å². The van der Waals surface area contributed by atoms with Gasteiger partial charge in [-0.05, 0) is 33.0 Å². The van der Waals surface area contributed by atoms with E-state index in [4.69, 9.17) is 9.47 Å². The van der Waals surface area contributed by atoms with Gasteiger partial charge >= 0.3 is 0 Å². The van der Waals surface area contributed by atoms with Crippen LogP contribution in [0.25, 0.3) is 10.1 Å². The molecule has 1 aromatic heterocycles. The number of ether oxygens (including phenoxy) is 2. The molecule has 2 aromatic rings. The number of nitrogens with one attached hydrogen (secondary N) is 1. The SMILES string of the molecule is CNCc1sc2cccc(F)c2c1COCCOC(C)C. The van der Waals surface area contributed by atoms with Crippen molar-refractivity contribution in [1.82, 2.24) is 5.32 Å². The fourth-order valence-electron chi connectivity index (χ4n) is 2.19. The predicted octanol–water partition coefficient (Wildman–Crippen LogP) is 3.70. The van der Waals surface area contributed by atoms with Gasteiger partial charge in [-0.3, -0.25) is 0 Å². The summed E-state index contributed by atoms with van der Waals surface area (Å²) in [7, 11) is 1.89. The van der Waals surface area contributed by atoms with Gasteiger partial charge in [-0.15, -0.1) is 11.3 Å². The van der Waals surface area contributed by atoms with E-state index in [0.717, 1.165) is 21.7 Å². The second-order valence-corrected chi connectivity index (χ2v) is 6.26. The smallest absolute Gasteiger partial charge is 0.132 e. The zero-order valence-electron chi connectivity index (χ0n) is 12.7. The first-order valence-corrected chi connectivity index (χ1v) is 7.97. The Morgan fingerprint density at radius 1 is 1.29 bits per heavy atom. The normalized spacial score (nSPS) is 11.7. The van der Waals surface area contributed by atoms with Crippen molar-refractivity contribution in [1.29, 1.82) is 0 Å². The summed E-state index contributed by atoms with van der Waals surface area (Å²) in [5.74, 6) is -0.178. The third-order valence-corrected chi connectivity index (χ3v) is 4.31. The second kappa shape index (κ2) is 7.84. The van der Waals surface area contributed by atoms with Crippen LogP contribution in [0.2, 0.25) is 0 Å². The molecule has 0 aliphatic carbocycles. The average Bonchev–Trinajstić information content (AvgIpc) is 2.78. The van der Waals surface area contributed by atoms with Crippen LogP contribution in [0.4, 0.5) is 4.39 Å². The minimum absolute atomic E-state index is 0.178. The molecule has 116 valence electrons. The maximum Gasteiger partial charge on any atom is 0.132 e. The Morgan fingerprint density at radius 2 is 2.10 bits per heavy atom. The fraction of sp³-hybridized carbons (Fsp3) is 0.500. The van der Waals surface area contributed by atoms with Crippen LogP contribution in [0, 0.1) is 5.82 Å². The zero-order chi connectivity index (χ0) is 15.2. The summed E-state index contributed by atoms with van der Waals surface area (Å²) in [5.41, 5.74) is 0.951. The molecule has 21 heavy (non-hydrogen) atoms. The summed E-state index contributed by atoms with van der Waals surface area (Å²) in [5, 5.41) is 3.82. The molecular weight excluding hydrogens is 289 g/mol. The van der Waals surface area contributed by atoms with E-state index in [0.29, 0.717) is 25.2 Å². The number of rotatable bonds is 8. The lowest BCUT2D eigenvalue weighted by atomic mass is 10.1. The topological polar surface area (TPSA) is 30.5 Å². The van der Waals surface area contributed by atoms with Gasteiger partial charge in [-0.1, -0.05) is 6.07 Å². The van der Waals surface area contributed by atoms with Crippen molar-refractivity contribution in [2.75, 3.05) is 20.3 Å². The Hall–Kier alpha value is -1.01. The fourth-order valence-corrected chi connectivity index (χ4v) is 3.42. The van der Waals surface area contributed by atoms with Crippen LogP contribution < -0.4 is 5.32 Å². The monoisotopic (exact) mass is 311 g/mol. The number of hydrogen-bond donors (Lipinski definition) is 1. The van der Waals surface area contributed by atoms with Gasteiger partial charge < -0.3 is 14.8 Å². The number of benzene rings is 1. The first-order valence-electron chi connectivity index (χ1n) is 7.16. The van der Waals surface area contributed by atoms with E-state index in [1.807, 2.05) is 27.0 Å². The molecule has 0 aliphatic rings. The molecule has 0 unspecified atom stereocenters. The Labute approximate surface area is 129 Å². The van der Waals surface area contributed by atoms with Crippen molar-refractivity contribution in [3.8, 4) is 0 Å². The molecule has 2 rings (SSSR count). The Kier molecular flexibility index (Phi) is 6.11. The lowest BCUT2D eigenvalue weighted by molar-refractivity contribution is 0.0144. The molecule has 0 spiro atoms. The molecule has 0 fully saturated rings. The zero-order valence-corrected chi connectivity index (χ0v) is 13.6. The maximum absolute atomic E-state index is 14.1. The number of halogens is 1. The molecule has 0 atom stereocenters. The predicted molar refractivity (Wildman–Crippen MR) is 85.3 cm³/mol. The standard InChI is InChI=1S/C16H22FNO2S/c1-11(2)20-8-7-19-10-12-15(9-18-3)21-14-6-4-5-13(17)16(12)14/h4-6,11,18H,7-10H2,1-3H3. The summed E-state index contributed by atoms with van der Waals surface area (Å²) in [6.45, 7) is 6.20. The van der Waals surface area contributed by atoms with Gasteiger partial charge in [0.05, 0.1) is 25.9 Å². The van der Waals surface area contributed by atoms with Crippen LogP contribution >= 0.6 is 11.3 Å². The van der Waals surface area contributed by atoms with E-state index in [9.17, 15) is 4.39 Å². The highest BCUT2D eigenvalue weighted by Gasteiger charge is 2.15. The summed E-state index contributed by atoms with van der Waals surface area (Å²) >= 11 is 1.62. The van der Waals surface area contributed by atoms with Crippen LogP contribution in [0.15, 0.2) is 18.2 Å². The molecular formula is C16H22FNO2S. The Morgan fingerprint density at radius 3 is 2.81 bits per heavy atom. The summed E-state index contributed by atoms with van der Waals surface area (Å²) in [6.07, 6.45) is 0.202. The van der Waals surface area contributed by atoms with E-state index in [2.05, 4.69) is 5.32 Å². The molecule has 0 aliphatic heterocycles. The minimum atomic E-state index is -0.178. The Balaban J connectivity index is 2.10. The van der Waals surface area contributed by atoms with E-state index >= 15 is 0 Å². The first kappa shape index (κ1) is 16.4. The average molecular weight is 311 g/mol.